The molecule has 4 aromatic carbocycles. The van der Waals surface area contributed by atoms with Crippen LogP contribution >= 0.6 is 0 Å². The van der Waals surface area contributed by atoms with Crippen LogP contribution in [-0.2, 0) is 32.2 Å². The molecule has 0 saturated heterocycles. The number of amides is 4. The molecule has 10 rings (SSSR count). The lowest BCUT2D eigenvalue weighted by Gasteiger charge is -2.19. The zero-order valence-corrected chi connectivity index (χ0v) is 50.0. The maximum absolute atomic E-state index is 13.4. The van der Waals surface area contributed by atoms with E-state index in [1.54, 1.807) is 36.4 Å². The fourth-order valence-corrected chi connectivity index (χ4v) is 8.52. The van der Waals surface area contributed by atoms with Crippen LogP contribution in [0.5, 0.6) is 35.0 Å². The Balaban J connectivity index is 0.000000252. The van der Waals surface area contributed by atoms with Gasteiger partial charge in [-0.1, -0.05) is 24.3 Å². The predicted molar refractivity (Wildman–Crippen MR) is 326 cm³/mol. The Bertz CT molecular complexity index is 3230. The first-order valence-corrected chi connectivity index (χ1v) is 29.1. The molecule has 470 valence electrons. The number of anilines is 6. The average molecular weight is 1220 g/mol. The lowest BCUT2D eigenvalue weighted by atomic mass is 10.1. The van der Waals surface area contributed by atoms with E-state index in [9.17, 15) is 24.0 Å². The van der Waals surface area contributed by atoms with Crippen molar-refractivity contribution in [3.05, 3.63) is 107 Å². The first-order chi connectivity index (χ1) is 42.9. The van der Waals surface area contributed by atoms with Crippen molar-refractivity contribution in [3.63, 3.8) is 0 Å². The summed E-state index contributed by atoms with van der Waals surface area (Å²) < 4.78 is 44.6. The van der Waals surface area contributed by atoms with Gasteiger partial charge in [0.05, 0.1) is 71.5 Å². The Kier molecular flexibility index (Phi) is 26.0. The highest BCUT2D eigenvalue weighted by atomic mass is 16.5. The third-order valence-corrected chi connectivity index (χ3v) is 13.1. The molecule has 2 aromatic heterocycles. The largest absolute Gasteiger partial charge is 0.494 e. The minimum atomic E-state index is -1.14. The number of hydrogen-bond donors (Lipinski definition) is 9. The van der Waals surface area contributed by atoms with Gasteiger partial charge in [-0.05, 0) is 125 Å². The van der Waals surface area contributed by atoms with Gasteiger partial charge in [-0.15, -0.1) is 0 Å². The van der Waals surface area contributed by atoms with Crippen molar-refractivity contribution in [1.82, 2.24) is 51.2 Å². The number of hydrogen-bond acceptors (Lipinski definition) is 24. The van der Waals surface area contributed by atoms with Crippen LogP contribution in [0.2, 0.25) is 0 Å². The smallest absolute Gasteiger partial charge is 0.330 e. The summed E-state index contributed by atoms with van der Waals surface area (Å²) in [5.41, 5.74) is 9.25. The van der Waals surface area contributed by atoms with E-state index in [1.807, 2.05) is 62.4 Å². The maximum atomic E-state index is 13.4. The summed E-state index contributed by atoms with van der Waals surface area (Å²) in [6, 6.07) is 23.2. The molecule has 28 heteroatoms. The van der Waals surface area contributed by atoms with E-state index >= 15 is 0 Å². The Morgan fingerprint density at radius 3 is 1.35 bits per heavy atom. The van der Waals surface area contributed by atoms with E-state index in [-0.39, 0.29) is 53.9 Å². The molecule has 88 heavy (non-hydrogen) atoms. The second-order valence-corrected chi connectivity index (χ2v) is 19.6. The number of urea groups is 1. The minimum Gasteiger partial charge on any atom is -0.494 e. The Labute approximate surface area is 509 Å². The van der Waals surface area contributed by atoms with Gasteiger partial charge in [0.2, 0.25) is 23.8 Å². The fourth-order valence-electron chi connectivity index (χ4n) is 8.52. The summed E-state index contributed by atoms with van der Waals surface area (Å²) >= 11 is 0. The van der Waals surface area contributed by atoms with Crippen molar-refractivity contribution >= 4 is 65.0 Å². The monoisotopic (exact) mass is 1220 g/mol. The third kappa shape index (κ3) is 20.9. The summed E-state index contributed by atoms with van der Waals surface area (Å²) in [5.74, 6) is 0.839. The lowest BCUT2D eigenvalue weighted by Crippen LogP contribution is -2.50. The van der Waals surface area contributed by atoms with Crippen LogP contribution in [-0.4, -0.2) is 146 Å². The van der Waals surface area contributed by atoms with E-state index < -0.39 is 41.9 Å². The SMILES string of the molecule is CCOc1nc2nc(n1)Nc1ccc(C(=O)N[C@@H](CN)C(=O)OC)c(c1)OCCCCCCOc1ccc(cc1)CN2.CCOc1nc2nc(n1)Nc1ccc(C(=O)N[C@@H](CNC(=O)NC)C(=O)OC)c(c1)OCCCCCCOc1ccc(cc1)CN2. The van der Waals surface area contributed by atoms with Crippen LogP contribution in [0.4, 0.5) is 40.0 Å². The molecule has 0 saturated carbocycles. The zero-order valence-electron chi connectivity index (χ0n) is 50.0. The van der Waals surface area contributed by atoms with Crippen LogP contribution < -0.4 is 76.7 Å². The number of rotatable bonds is 13. The molecular weight excluding hydrogens is 1140 g/mol. The summed E-state index contributed by atoms with van der Waals surface area (Å²) in [7, 11) is 3.88. The van der Waals surface area contributed by atoms with Crippen molar-refractivity contribution in [3.8, 4) is 35.0 Å². The van der Waals surface area contributed by atoms with Crippen molar-refractivity contribution in [1.29, 1.82) is 0 Å². The molecule has 0 fully saturated rings. The molecule has 4 amide bonds. The molecule has 2 atom stereocenters. The van der Waals surface area contributed by atoms with Gasteiger partial charge in [0, 0.05) is 50.2 Å². The number of fused-ring (bicyclic) bond motifs is 20. The van der Waals surface area contributed by atoms with Crippen molar-refractivity contribution in [2.75, 3.05) is 95.3 Å². The molecule has 0 radical (unpaired) electrons. The van der Waals surface area contributed by atoms with Crippen LogP contribution in [0.1, 0.15) is 97.1 Å². The first-order valence-electron chi connectivity index (χ1n) is 29.1. The second kappa shape index (κ2) is 34.8. The lowest BCUT2D eigenvalue weighted by molar-refractivity contribution is -0.143. The van der Waals surface area contributed by atoms with Crippen molar-refractivity contribution < 1.29 is 61.9 Å². The Hall–Kier alpha value is -9.99. The average Bonchev–Trinajstić information content (AvgIpc) is 2.47. The molecule has 28 nitrogen and oxygen atoms in total. The Morgan fingerprint density at radius 2 is 0.943 bits per heavy atom. The number of aromatic nitrogens is 6. The number of esters is 2. The standard InChI is InChI=1S/C31H40N8O7.C29H37N7O6/c1-4-44-31-38-28-33-18-20-9-12-22(13-10-20)45-15-7-5-6-8-16-46-25-17-21(35-29(37-28)39-31)11-14-23(25)26(40)36-24(27(41)43-3)19-34-30(42)32-2;1-3-40-29-35-27-31-18-19-8-11-21(12-9-19)41-14-6-4-5-7-15-42-24-16-20(32-28(34-27)36-29)10-13-22(24)25(37)33-23(17-30)26(38)39-2/h9-14,17,24H,4-8,15-16,18-19H2,1-3H3,(H,36,40)(H2,32,34,42)(H2,33,35,37,38,39);8-13,16,23H,3-7,14-15,17-18,30H2,1-2H3,(H,33,37)(H2,31,32,34,35,36)/t24-;23-/m00/s1. The van der Waals surface area contributed by atoms with Crippen LogP contribution in [0.3, 0.4) is 0 Å². The number of carbonyl (C=O) groups is 5. The van der Waals surface area contributed by atoms with Gasteiger partial charge < -0.3 is 86.2 Å². The third-order valence-electron chi connectivity index (χ3n) is 13.1. The van der Waals surface area contributed by atoms with Crippen LogP contribution in [0, 0.1) is 0 Å². The highest BCUT2D eigenvalue weighted by Crippen LogP contribution is 2.29. The summed E-state index contributed by atoms with van der Waals surface area (Å²) in [6.07, 6.45) is 7.07. The van der Waals surface area contributed by atoms with E-state index in [0.29, 0.717) is 81.8 Å². The molecule has 0 spiro atoms. The van der Waals surface area contributed by atoms with Gasteiger partial charge in [-0.2, -0.15) is 29.9 Å². The highest BCUT2D eigenvalue weighted by Gasteiger charge is 2.26. The summed E-state index contributed by atoms with van der Waals surface area (Å²) in [6.45, 7) is 7.00. The zero-order chi connectivity index (χ0) is 62.5. The van der Waals surface area contributed by atoms with Crippen LogP contribution in [0.25, 0.3) is 0 Å². The van der Waals surface area contributed by atoms with Crippen molar-refractivity contribution in [2.24, 2.45) is 5.73 Å². The molecule has 6 heterocycles. The first kappa shape index (κ1) is 65.6. The Morgan fingerprint density at radius 1 is 0.534 bits per heavy atom. The van der Waals surface area contributed by atoms with Gasteiger partial charge >= 0.3 is 30.0 Å². The fraction of sp³-hybridized carbons (Fsp3) is 0.417. The van der Waals surface area contributed by atoms with E-state index in [1.165, 1.54) is 21.3 Å². The number of methoxy groups -OCH3 is 2. The van der Waals surface area contributed by atoms with Gasteiger partial charge in [0.25, 0.3) is 11.8 Å². The van der Waals surface area contributed by atoms with Gasteiger partial charge in [-0.3, -0.25) is 9.59 Å². The molecule has 12 bridgehead atoms. The molecule has 4 aliphatic rings. The number of ether oxygens (including phenoxy) is 8. The van der Waals surface area contributed by atoms with Gasteiger partial charge in [0.15, 0.2) is 0 Å². The molecule has 0 unspecified atom stereocenters. The normalized spacial score (nSPS) is 14.2. The second-order valence-electron chi connectivity index (χ2n) is 19.6. The quantitative estimate of drug-likeness (QED) is 0.0569. The molecule has 10 N–H and O–H groups in total. The van der Waals surface area contributed by atoms with Crippen LogP contribution in [0.15, 0.2) is 84.9 Å². The maximum Gasteiger partial charge on any atom is 0.330 e. The van der Waals surface area contributed by atoms with Gasteiger partial charge in [-0.25, -0.2) is 14.4 Å². The molecular formula is C60H77N15O13. The summed E-state index contributed by atoms with van der Waals surface area (Å²) in [4.78, 5) is 89.0. The number of nitrogens with two attached hydrogens (primary N) is 1. The highest BCUT2D eigenvalue weighted by molar-refractivity contribution is 6.00. The number of nitrogens with zero attached hydrogens (tertiary/aromatic N) is 6. The molecule has 6 aromatic rings. The van der Waals surface area contributed by atoms with Crippen molar-refractivity contribution in [2.45, 2.75) is 90.4 Å². The molecule has 4 aliphatic heterocycles. The van der Waals surface area contributed by atoms with E-state index in [2.05, 4.69) is 72.4 Å². The van der Waals surface area contributed by atoms with E-state index in [0.717, 1.165) is 74.0 Å². The number of benzene rings is 4. The molecule has 0 aliphatic carbocycles. The number of carbonyl (C=O) groups excluding carboxylic acids is 5. The number of nitrogens with one attached hydrogen (secondary N) is 8. The minimum absolute atomic E-state index is 0.111. The topological polar surface area (TPSA) is 359 Å². The predicted octanol–water partition coefficient (Wildman–Crippen LogP) is 6.35. The van der Waals surface area contributed by atoms with Gasteiger partial charge in [0.1, 0.15) is 35.1 Å². The van der Waals surface area contributed by atoms with E-state index in [4.69, 9.17) is 43.6 Å². The summed E-state index contributed by atoms with van der Waals surface area (Å²) in [5, 5.41) is 22.9.